The van der Waals surface area contributed by atoms with Gasteiger partial charge in [-0.2, -0.15) is 5.10 Å². The molecular formula is C21H24N4O2. The van der Waals surface area contributed by atoms with Crippen molar-refractivity contribution in [3.05, 3.63) is 66.1 Å². The Kier molecular flexibility index (Phi) is 5.26. The van der Waals surface area contributed by atoms with Gasteiger partial charge in [0.1, 0.15) is 11.4 Å². The summed E-state index contributed by atoms with van der Waals surface area (Å²) in [4.78, 5) is 16.9. The molecule has 3 N–H and O–H groups in total. The van der Waals surface area contributed by atoms with Gasteiger partial charge in [-0.25, -0.2) is 0 Å². The number of benzene rings is 1. The van der Waals surface area contributed by atoms with E-state index in [2.05, 4.69) is 41.3 Å². The zero-order chi connectivity index (χ0) is 19.4. The zero-order valence-electron chi connectivity index (χ0n) is 15.7. The quantitative estimate of drug-likeness (QED) is 0.636. The first-order valence-electron chi connectivity index (χ1n) is 8.88. The van der Waals surface area contributed by atoms with Gasteiger partial charge in [-0.05, 0) is 41.7 Å². The number of hydrogen-bond acceptors (Lipinski definition) is 4. The number of aromatic hydroxyl groups is 1. The van der Waals surface area contributed by atoms with Crippen LogP contribution in [0.2, 0.25) is 0 Å². The monoisotopic (exact) mass is 364 g/mol. The Morgan fingerprint density at radius 2 is 2.00 bits per heavy atom. The molecule has 0 aliphatic carbocycles. The van der Waals surface area contributed by atoms with Crippen molar-refractivity contribution in [3.63, 3.8) is 0 Å². The van der Waals surface area contributed by atoms with E-state index in [4.69, 9.17) is 0 Å². The van der Waals surface area contributed by atoms with Gasteiger partial charge in [-0.15, -0.1) is 0 Å². The molecule has 0 saturated carbocycles. The van der Waals surface area contributed by atoms with Crippen LogP contribution in [-0.2, 0) is 0 Å². The minimum atomic E-state index is -0.248. The molecule has 3 aromatic rings. The van der Waals surface area contributed by atoms with Crippen molar-refractivity contribution < 1.29 is 9.90 Å². The summed E-state index contributed by atoms with van der Waals surface area (Å²) in [6.45, 7) is 6.40. The molecule has 0 radical (unpaired) electrons. The van der Waals surface area contributed by atoms with Gasteiger partial charge in [0.2, 0.25) is 0 Å². The van der Waals surface area contributed by atoms with Crippen molar-refractivity contribution in [1.82, 2.24) is 20.5 Å². The van der Waals surface area contributed by atoms with Gasteiger partial charge in [-0.3, -0.25) is 14.9 Å². The Hall–Kier alpha value is -3.15. The Balaban J connectivity index is 1.81. The lowest BCUT2D eigenvalue weighted by Crippen LogP contribution is -2.31. The Morgan fingerprint density at radius 1 is 1.22 bits per heavy atom. The van der Waals surface area contributed by atoms with Crippen LogP contribution in [0.25, 0.3) is 11.3 Å². The smallest absolute Gasteiger partial charge is 0.269 e. The average Bonchev–Trinajstić information content (AvgIpc) is 3.11. The fourth-order valence-electron chi connectivity index (χ4n) is 2.95. The van der Waals surface area contributed by atoms with Crippen LogP contribution in [0.5, 0.6) is 5.75 Å². The van der Waals surface area contributed by atoms with Crippen LogP contribution in [0.15, 0.2) is 54.9 Å². The number of phenolic OH excluding ortho intramolecular Hbond substituents is 1. The second-order valence-corrected chi connectivity index (χ2v) is 7.76. The second-order valence-electron chi connectivity index (χ2n) is 7.76. The van der Waals surface area contributed by atoms with Crippen LogP contribution in [0.3, 0.4) is 0 Å². The topological polar surface area (TPSA) is 90.9 Å². The zero-order valence-corrected chi connectivity index (χ0v) is 15.7. The number of carbonyl (C=O) groups is 1. The highest BCUT2D eigenvalue weighted by Gasteiger charge is 2.23. The highest BCUT2D eigenvalue weighted by atomic mass is 16.3. The first kappa shape index (κ1) is 18.6. The van der Waals surface area contributed by atoms with E-state index in [1.165, 1.54) is 0 Å². The van der Waals surface area contributed by atoms with E-state index in [1.807, 2.05) is 18.2 Å². The number of nitrogens with zero attached hydrogens (tertiary/aromatic N) is 2. The van der Waals surface area contributed by atoms with Crippen molar-refractivity contribution in [2.24, 2.45) is 5.41 Å². The number of pyridine rings is 1. The molecule has 6 nitrogen and oxygen atoms in total. The summed E-state index contributed by atoms with van der Waals surface area (Å²) in [5.74, 6) is -0.126. The van der Waals surface area contributed by atoms with Crippen molar-refractivity contribution in [2.75, 3.05) is 0 Å². The molecule has 0 saturated heterocycles. The number of amides is 1. The summed E-state index contributed by atoms with van der Waals surface area (Å²) in [5.41, 5.74) is 2.43. The first-order valence-corrected chi connectivity index (χ1v) is 8.88. The maximum absolute atomic E-state index is 12.8. The fourth-order valence-corrected chi connectivity index (χ4v) is 2.95. The highest BCUT2D eigenvalue weighted by molar-refractivity contribution is 5.93. The van der Waals surface area contributed by atoms with Crippen LogP contribution >= 0.6 is 0 Å². The van der Waals surface area contributed by atoms with Gasteiger partial charge in [0.05, 0.1) is 11.7 Å². The summed E-state index contributed by atoms with van der Waals surface area (Å²) in [5, 5.41) is 20.0. The SMILES string of the molecule is CC(C)(C)CC(NC(=O)c1cc(-c2ccccc2O)n[nH]1)c1cccnc1. The Morgan fingerprint density at radius 3 is 2.67 bits per heavy atom. The molecule has 1 atom stereocenters. The first-order chi connectivity index (χ1) is 12.8. The summed E-state index contributed by atoms with van der Waals surface area (Å²) < 4.78 is 0. The normalized spacial score (nSPS) is 12.6. The summed E-state index contributed by atoms with van der Waals surface area (Å²) >= 11 is 0. The molecule has 1 aromatic carbocycles. The molecule has 140 valence electrons. The van der Waals surface area contributed by atoms with Crippen LogP contribution in [0.1, 0.15) is 49.3 Å². The van der Waals surface area contributed by atoms with Crippen molar-refractivity contribution in [3.8, 4) is 17.0 Å². The molecule has 2 aromatic heterocycles. The summed E-state index contributed by atoms with van der Waals surface area (Å²) in [6.07, 6.45) is 4.26. The van der Waals surface area contributed by atoms with E-state index >= 15 is 0 Å². The van der Waals surface area contributed by atoms with Crippen LogP contribution in [-0.4, -0.2) is 26.2 Å². The number of nitrogens with one attached hydrogen (secondary N) is 2. The molecule has 1 unspecified atom stereocenters. The van der Waals surface area contributed by atoms with E-state index in [-0.39, 0.29) is 23.1 Å². The Labute approximate surface area is 158 Å². The highest BCUT2D eigenvalue weighted by Crippen LogP contribution is 2.30. The van der Waals surface area contributed by atoms with Crippen LogP contribution in [0.4, 0.5) is 0 Å². The van der Waals surface area contributed by atoms with E-state index in [0.29, 0.717) is 17.0 Å². The predicted octanol–water partition coefficient (Wildman–Crippen LogP) is 4.08. The largest absolute Gasteiger partial charge is 0.507 e. The molecule has 3 rings (SSSR count). The number of para-hydroxylation sites is 1. The maximum atomic E-state index is 12.8. The lowest BCUT2D eigenvalue weighted by Gasteiger charge is -2.26. The number of hydrogen-bond donors (Lipinski definition) is 3. The predicted molar refractivity (Wildman–Crippen MR) is 104 cm³/mol. The number of carbonyl (C=O) groups excluding carboxylic acids is 1. The molecule has 6 heteroatoms. The summed E-state index contributed by atoms with van der Waals surface area (Å²) in [6, 6.07) is 12.2. The molecule has 0 aliphatic heterocycles. The molecule has 27 heavy (non-hydrogen) atoms. The van der Waals surface area contributed by atoms with Gasteiger partial charge in [0.15, 0.2) is 0 Å². The number of aromatic amines is 1. The van der Waals surface area contributed by atoms with E-state index in [0.717, 1.165) is 12.0 Å². The number of aromatic nitrogens is 3. The molecule has 0 spiro atoms. The average molecular weight is 364 g/mol. The van der Waals surface area contributed by atoms with Gasteiger partial charge in [0, 0.05) is 18.0 Å². The molecule has 1 amide bonds. The van der Waals surface area contributed by atoms with Crippen LogP contribution < -0.4 is 5.32 Å². The van der Waals surface area contributed by atoms with E-state index in [9.17, 15) is 9.90 Å². The van der Waals surface area contributed by atoms with Crippen molar-refractivity contribution in [2.45, 2.75) is 33.2 Å². The van der Waals surface area contributed by atoms with E-state index < -0.39 is 0 Å². The third kappa shape index (κ3) is 4.73. The standard InChI is InChI=1S/C21H24N4O2/c1-21(2,3)12-18(14-7-6-10-22-13-14)23-20(27)17-11-16(24-25-17)15-8-4-5-9-19(15)26/h4-11,13,18,26H,12H2,1-3H3,(H,23,27)(H,24,25). The third-order valence-corrected chi connectivity index (χ3v) is 4.21. The van der Waals surface area contributed by atoms with Crippen LogP contribution in [0, 0.1) is 5.41 Å². The van der Waals surface area contributed by atoms with Gasteiger partial charge >= 0.3 is 0 Å². The van der Waals surface area contributed by atoms with Crippen molar-refractivity contribution >= 4 is 5.91 Å². The minimum Gasteiger partial charge on any atom is -0.507 e. The fraction of sp³-hybridized carbons (Fsp3) is 0.286. The number of H-pyrrole nitrogens is 1. The lowest BCUT2D eigenvalue weighted by atomic mass is 9.86. The number of phenols is 1. The molecule has 0 fully saturated rings. The van der Waals surface area contributed by atoms with Gasteiger partial charge in [-0.1, -0.05) is 39.0 Å². The summed E-state index contributed by atoms with van der Waals surface area (Å²) in [7, 11) is 0. The van der Waals surface area contributed by atoms with Gasteiger partial charge < -0.3 is 10.4 Å². The Bertz CT molecular complexity index is 913. The molecule has 0 aliphatic rings. The number of rotatable bonds is 5. The lowest BCUT2D eigenvalue weighted by molar-refractivity contribution is 0.0921. The maximum Gasteiger partial charge on any atom is 0.269 e. The van der Waals surface area contributed by atoms with E-state index in [1.54, 1.807) is 36.7 Å². The van der Waals surface area contributed by atoms with Gasteiger partial charge in [0.25, 0.3) is 5.91 Å². The molecular weight excluding hydrogens is 340 g/mol. The van der Waals surface area contributed by atoms with Crippen molar-refractivity contribution in [1.29, 1.82) is 0 Å². The molecule has 2 heterocycles. The molecule has 0 bridgehead atoms. The minimum absolute atomic E-state index is 0.0305. The third-order valence-electron chi connectivity index (χ3n) is 4.21. The second kappa shape index (κ2) is 7.61.